The summed E-state index contributed by atoms with van der Waals surface area (Å²) in [6.45, 7) is 6.53. The van der Waals surface area contributed by atoms with Crippen molar-refractivity contribution in [1.82, 2.24) is 0 Å². The summed E-state index contributed by atoms with van der Waals surface area (Å²) < 4.78 is 5.49. The van der Waals surface area contributed by atoms with Gasteiger partial charge in [0.05, 0.1) is 6.10 Å². The minimum atomic E-state index is 0.00834. The number of hydrogen-bond acceptors (Lipinski definition) is 2. The molecule has 0 radical (unpaired) electrons. The lowest BCUT2D eigenvalue weighted by molar-refractivity contribution is -0.148. The van der Waals surface area contributed by atoms with Crippen LogP contribution in [0.25, 0.3) is 0 Å². The van der Waals surface area contributed by atoms with Crippen molar-refractivity contribution in [3.05, 3.63) is 0 Å². The number of ether oxygens (including phenoxy) is 1. The Bertz CT molecular complexity index is 250. The number of carbonyl (C=O) groups is 1. The topological polar surface area (TPSA) is 26.3 Å². The van der Waals surface area contributed by atoms with Crippen molar-refractivity contribution >= 4 is 5.97 Å². The second-order valence-electron chi connectivity index (χ2n) is 7.08. The third kappa shape index (κ3) is 17.7. The molecule has 23 heavy (non-hydrogen) atoms. The fourth-order valence-corrected chi connectivity index (χ4v) is 2.96. The molecule has 1 unspecified atom stereocenters. The summed E-state index contributed by atoms with van der Waals surface area (Å²) in [5, 5.41) is 0. The highest BCUT2D eigenvalue weighted by atomic mass is 16.5. The van der Waals surface area contributed by atoms with Crippen LogP contribution >= 0.6 is 0 Å². The van der Waals surface area contributed by atoms with Crippen molar-refractivity contribution < 1.29 is 9.53 Å². The highest BCUT2D eigenvalue weighted by Gasteiger charge is 2.08. The predicted molar refractivity (Wildman–Crippen MR) is 101 cm³/mol. The van der Waals surface area contributed by atoms with E-state index in [1.807, 2.05) is 6.92 Å². The first-order chi connectivity index (χ1) is 11.2. The van der Waals surface area contributed by atoms with E-state index in [0.29, 0.717) is 6.42 Å². The van der Waals surface area contributed by atoms with Gasteiger partial charge in [-0.25, -0.2) is 0 Å². The van der Waals surface area contributed by atoms with Gasteiger partial charge >= 0.3 is 5.97 Å². The molecule has 2 nitrogen and oxygen atoms in total. The van der Waals surface area contributed by atoms with Crippen LogP contribution in [0.1, 0.15) is 124 Å². The van der Waals surface area contributed by atoms with Crippen LogP contribution in [0.4, 0.5) is 0 Å². The van der Waals surface area contributed by atoms with E-state index in [1.54, 1.807) is 0 Å². The van der Waals surface area contributed by atoms with Crippen LogP contribution in [0.3, 0.4) is 0 Å². The molecule has 0 aromatic rings. The van der Waals surface area contributed by atoms with Gasteiger partial charge in [0.2, 0.25) is 0 Å². The van der Waals surface area contributed by atoms with Crippen molar-refractivity contribution in [2.75, 3.05) is 0 Å². The number of unbranched alkanes of at least 4 members (excludes halogenated alkanes) is 12. The third-order valence-corrected chi connectivity index (χ3v) is 4.53. The van der Waals surface area contributed by atoms with Crippen LogP contribution in [-0.2, 0) is 9.53 Å². The van der Waals surface area contributed by atoms with Crippen molar-refractivity contribution in [2.45, 2.75) is 130 Å². The van der Waals surface area contributed by atoms with Gasteiger partial charge in [-0.3, -0.25) is 4.79 Å². The molecule has 0 aromatic heterocycles. The molecule has 0 amide bonds. The number of hydrogen-bond donors (Lipinski definition) is 0. The molecular formula is C21H42O2. The Morgan fingerprint density at radius 1 is 0.696 bits per heavy atom. The van der Waals surface area contributed by atoms with Crippen molar-refractivity contribution in [3.63, 3.8) is 0 Å². The molecule has 138 valence electrons. The van der Waals surface area contributed by atoms with Crippen LogP contribution in [0.15, 0.2) is 0 Å². The minimum Gasteiger partial charge on any atom is -0.463 e. The van der Waals surface area contributed by atoms with Gasteiger partial charge in [-0.05, 0) is 26.2 Å². The fourth-order valence-electron chi connectivity index (χ4n) is 2.96. The largest absolute Gasteiger partial charge is 0.463 e. The van der Waals surface area contributed by atoms with Gasteiger partial charge in [0.25, 0.3) is 0 Å². The van der Waals surface area contributed by atoms with Gasteiger partial charge in [0.15, 0.2) is 0 Å². The van der Waals surface area contributed by atoms with E-state index in [-0.39, 0.29) is 12.1 Å². The van der Waals surface area contributed by atoms with Gasteiger partial charge in [-0.15, -0.1) is 0 Å². The molecule has 0 saturated carbocycles. The maximum atomic E-state index is 11.8. The lowest BCUT2D eigenvalue weighted by Crippen LogP contribution is -2.14. The molecule has 0 heterocycles. The van der Waals surface area contributed by atoms with Crippen LogP contribution in [0.2, 0.25) is 0 Å². The number of esters is 1. The maximum Gasteiger partial charge on any atom is 0.306 e. The lowest BCUT2D eigenvalue weighted by atomic mass is 10.1. The zero-order valence-corrected chi connectivity index (χ0v) is 16.2. The molecule has 0 fully saturated rings. The minimum absolute atomic E-state index is 0.00834. The molecular weight excluding hydrogens is 284 g/mol. The number of carbonyl (C=O) groups excluding carboxylic acids is 1. The van der Waals surface area contributed by atoms with Crippen molar-refractivity contribution in [2.24, 2.45) is 0 Å². The smallest absolute Gasteiger partial charge is 0.306 e. The quantitative estimate of drug-likeness (QED) is 0.209. The maximum absolute atomic E-state index is 11.8. The molecule has 2 heteroatoms. The Labute approximate surface area is 145 Å². The standard InChI is InChI=1S/C21H42O2/c1-4-6-8-10-11-12-13-15-17-19-21(22)23-20(3)18-16-14-9-7-5-2/h20H,4-19H2,1-3H3. The molecule has 0 aromatic carbocycles. The number of rotatable bonds is 17. The van der Waals surface area contributed by atoms with Gasteiger partial charge in [0.1, 0.15) is 0 Å². The molecule has 0 aliphatic rings. The van der Waals surface area contributed by atoms with E-state index in [1.165, 1.54) is 83.5 Å². The van der Waals surface area contributed by atoms with E-state index in [4.69, 9.17) is 4.74 Å². The van der Waals surface area contributed by atoms with E-state index in [0.717, 1.165) is 12.8 Å². The van der Waals surface area contributed by atoms with Crippen LogP contribution < -0.4 is 0 Å². The zero-order valence-electron chi connectivity index (χ0n) is 16.2. The molecule has 0 spiro atoms. The Balaban J connectivity index is 3.32. The monoisotopic (exact) mass is 326 g/mol. The molecule has 0 N–H and O–H groups in total. The average Bonchev–Trinajstić information content (AvgIpc) is 2.53. The summed E-state index contributed by atoms with van der Waals surface area (Å²) >= 11 is 0. The van der Waals surface area contributed by atoms with E-state index < -0.39 is 0 Å². The molecule has 0 aliphatic heterocycles. The fraction of sp³-hybridized carbons (Fsp3) is 0.952. The van der Waals surface area contributed by atoms with Crippen molar-refractivity contribution in [1.29, 1.82) is 0 Å². The summed E-state index contributed by atoms with van der Waals surface area (Å²) in [5.74, 6) is 0.00834. The Kier molecular flexibility index (Phi) is 17.4. The van der Waals surface area contributed by atoms with Crippen molar-refractivity contribution in [3.8, 4) is 0 Å². The summed E-state index contributed by atoms with van der Waals surface area (Å²) in [6.07, 6.45) is 19.7. The highest BCUT2D eigenvalue weighted by molar-refractivity contribution is 5.69. The van der Waals surface area contributed by atoms with Crippen LogP contribution in [-0.4, -0.2) is 12.1 Å². The average molecular weight is 327 g/mol. The van der Waals surface area contributed by atoms with Crippen LogP contribution in [0, 0.1) is 0 Å². The van der Waals surface area contributed by atoms with Crippen LogP contribution in [0.5, 0.6) is 0 Å². The molecule has 0 rings (SSSR count). The lowest BCUT2D eigenvalue weighted by Gasteiger charge is -2.13. The summed E-state index contributed by atoms with van der Waals surface area (Å²) in [5.41, 5.74) is 0. The molecule has 1 atom stereocenters. The molecule has 0 bridgehead atoms. The third-order valence-electron chi connectivity index (χ3n) is 4.53. The van der Waals surface area contributed by atoms with Gasteiger partial charge in [0, 0.05) is 6.42 Å². The first-order valence-corrected chi connectivity index (χ1v) is 10.4. The normalized spacial score (nSPS) is 12.3. The first kappa shape index (κ1) is 22.5. The molecule has 0 saturated heterocycles. The Morgan fingerprint density at radius 2 is 1.13 bits per heavy atom. The summed E-state index contributed by atoms with van der Waals surface area (Å²) in [6, 6.07) is 0. The van der Waals surface area contributed by atoms with E-state index in [2.05, 4.69) is 13.8 Å². The second kappa shape index (κ2) is 17.8. The SMILES string of the molecule is CCCCCCCCCCCC(=O)OC(C)CCCCCCC. The van der Waals surface area contributed by atoms with Gasteiger partial charge in [-0.1, -0.05) is 90.9 Å². The highest BCUT2D eigenvalue weighted by Crippen LogP contribution is 2.13. The summed E-state index contributed by atoms with van der Waals surface area (Å²) in [7, 11) is 0. The predicted octanol–water partition coefficient (Wildman–Crippen LogP) is 7.20. The Morgan fingerprint density at radius 3 is 1.65 bits per heavy atom. The summed E-state index contributed by atoms with van der Waals surface area (Å²) in [4.78, 5) is 11.8. The van der Waals surface area contributed by atoms with E-state index >= 15 is 0 Å². The zero-order chi connectivity index (χ0) is 17.2. The van der Waals surface area contributed by atoms with Gasteiger partial charge < -0.3 is 4.74 Å². The van der Waals surface area contributed by atoms with E-state index in [9.17, 15) is 4.79 Å². The first-order valence-electron chi connectivity index (χ1n) is 10.4. The molecule has 0 aliphatic carbocycles. The van der Waals surface area contributed by atoms with Gasteiger partial charge in [-0.2, -0.15) is 0 Å². The Hall–Kier alpha value is -0.530. The second-order valence-corrected chi connectivity index (χ2v) is 7.08.